The first kappa shape index (κ1) is 13.4. The van der Waals surface area contributed by atoms with Crippen LogP contribution in [0.3, 0.4) is 0 Å². The molecule has 9 heteroatoms. The quantitative estimate of drug-likeness (QED) is 0.780. The summed E-state index contributed by atoms with van der Waals surface area (Å²) >= 11 is 0. The van der Waals surface area contributed by atoms with Gasteiger partial charge in [0, 0.05) is 13.6 Å². The summed E-state index contributed by atoms with van der Waals surface area (Å²) in [5, 5.41) is 14.6. The van der Waals surface area contributed by atoms with Crippen molar-refractivity contribution < 1.29 is 23.1 Å². The van der Waals surface area contributed by atoms with Crippen molar-refractivity contribution in [2.45, 2.75) is 12.7 Å². The zero-order valence-electron chi connectivity index (χ0n) is 8.90. The van der Waals surface area contributed by atoms with Gasteiger partial charge in [0.05, 0.1) is 6.54 Å². The van der Waals surface area contributed by atoms with Gasteiger partial charge >= 0.3 is 12.1 Å². The van der Waals surface area contributed by atoms with Gasteiger partial charge in [0.2, 0.25) is 0 Å². The first-order valence-electron chi connectivity index (χ1n) is 4.65. The lowest BCUT2D eigenvalue weighted by molar-refractivity contribution is -0.192. The minimum Gasteiger partial charge on any atom is -0.481 e. The van der Waals surface area contributed by atoms with Gasteiger partial charge in [-0.1, -0.05) is 0 Å². The first-order chi connectivity index (χ1) is 7.80. The highest BCUT2D eigenvalue weighted by Gasteiger charge is 2.44. The molecule has 0 aromatic carbocycles. The second kappa shape index (κ2) is 5.13. The zero-order chi connectivity index (χ0) is 13.1. The highest BCUT2D eigenvalue weighted by Crippen LogP contribution is 2.25. The molecule has 0 fully saturated rings. The minimum absolute atomic E-state index is 0.0132. The molecule has 17 heavy (non-hydrogen) atoms. The van der Waals surface area contributed by atoms with Gasteiger partial charge in [-0.3, -0.25) is 9.48 Å². The molecule has 0 aliphatic carbocycles. The van der Waals surface area contributed by atoms with E-state index in [9.17, 15) is 18.0 Å². The normalized spacial score (nSPS) is 13.6. The van der Waals surface area contributed by atoms with E-state index in [0.717, 1.165) is 0 Å². The number of aromatic nitrogens is 3. The number of hydrogen-bond donors (Lipinski definition) is 2. The molecule has 1 unspecified atom stereocenters. The Labute approximate surface area is 94.5 Å². The molecular weight excluding hydrogens is 241 g/mol. The highest BCUT2D eigenvalue weighted by atomic mass is 19.4. The number of nitrogens with one attached hydrogen (secondary N) is 1. The molecule has 1 aromatic heterocycles. The average molecular weight is 252 g/mol. The van der Waals surface area contributed by atoms with E-state index in [1.165, 1.54) is 11.0 Å². The fraction of sp³-hybridized carbons (Fsp3) is 0.625. The predicted octanol–water partition coefficient (Wildman–Crippen LogP) is 0.168. The Kier molecular flexibility index (Phi) is 4.05. The first-order valence-corrected chi connectivity index (χ1v) is 4.65. The van der Waals surface area contributed by atoms with Crippen molar-refractivity contribution in [1.82, 2.24) is 20.1 Å². The van der Waals surface area contributed by atoms with Gasteiger partial charge in [-0.15, -0.1) is 0 Å². The van der Waals surface area contributed by atoms with E-state index in [0.29, 0.717) is 5.82 Å². The summed E-state index contributed by atoms with van der Waals surface area (Å²) in [5.74, 6) is -4.02. The Morgan fingerprint density at radius 1 is 1.65 bits per heavy atom. The van der Waals surface area contributed by atoms with E-state index in [2.05, 4.69) is 15.4 Å². The molecule has 6 nitrogen and oxygen atoms in total. The lowest BCUT2D eigenvalue weighted by Gasteiger charge is -2.15. The largest absolute Gasteiger partial charge is 0.481 e. The summed E-state index contributed by atoms with van der Waals surface area (Å²) in [6.07, 6.45) is -3.37. The van der Waals surface area contributed by atoms with E-state index in [1.807, 2.05) is 0 Å². The Hall–Kier alpha value is -1.64. The SMILES string of the molecule is Cn1cnc(CNCC(C(=O)O)C(F)(F)F)n1. The maximum Gasteiger partial charge on any atom is 0.403 e. The fourth-order valence-electron chi connectivity index (χ4n) is 1.14. The molecule has 0 radical (unpaired) electrons. The van der Waals surface area contributed by atoms with Gasteiger partial charge in [-0.2, -0.15) is 18.3 Å². The monoisotopic (exact) mass is 252 g/mol. The van der Waals surface area contributed by atoms with Crippen LogP contribution in [-0.2, 0) is 18.4 Å². The van der Waals surface area contributed by atoms with Crippen molar-refractivity contribution >= 4 is 5.97 Å². The van der Waals surface area contributed by atoms with Crippen LogP contribution in [0.5, 0.6) is 0 Å². The molecule has 0 spiro atoms. The fourth-order valence-corrected chi connectivity index (χ4v) is 1.14. The zero-order valence-corrected chi connectivity index (χ0v) is 8.90. The number of carboxylic acid groups (broad SMARTS) is 1. The molecule has 0 bridgehead atoms. The highest BCUT2D eigenvalue weighted by molar-refractivity contribution is 5.71. The standard InChI is InChI=1S/C8H11F3N4O2/c1-15-4-13-6(14-15)3-12-2-5(7(16)17)8(9,10)11/h4-5,12H,2-3H2,1H3,(H,16,17). The van der Waals surface area contributed by atoms with Crippen LogP contribution >= 0.6 is 0 Å². The smallest absolute Gasteiger partial charge is 0.403 e. The van der Waals surface area contributed by atoms with Gasteiger partial charge in [0.1, 0.15) is 6.33 Å². The van der Waals surface area contributed by atoms with E-state index < -0.39 is 24.6 Å². The molecule has 0 aliphatic rings. The molecule has 0 aliphatic heterocycles. The second-order valence-electron chi connectivity index (χ2n) is 3.40. The summed E-state index contributed by atoms with van der Waals surface area (Å²) in [4.78, 5) is 14.2. The van der Waals surface area contributed by atoms with Gasteiger partial charge in [0.15, 0.2) is 11.7 Å². The number of carbonyl (C=O) groups is 1. The van der Waals surface area contributed by atoms with Crippen LogP contribution in [0.25, 0.3) is 0 Å². The van der Waals surface area contributed by atoms with Crippen molar-refractivity contribution in [3.8, 4) is 0 Å². The summed E-state index contributed by atoms with van der Waals surface area (Å²) < 4.78 is 38.1. The Morgan fingerprint density at radius 3 is 2.71 bits per heavy atom. The van der Waals surface area contributed by atoms with Crippen molar-refractivity contribution in [1.29, 1.82) is 0 Å². The van der Waals surface area contributed by atoms with Crippen molar-refractivity contribution in [2.24, 2.45) is 13.0 Å². The Morgan fingerprint density at radius 2 is 2.29 bits per heavy atom. The molecule has 1 heterocycles. The molecule has 96 valence electrons. The number of nitrogens with zero attached hydrogens (tertiary/aromatic N) is 3. The molecule has 2 N–H and O–H groups in total. The van der Waals surface area contributed by atoms with E-state index >= 15 is 0 Å². The van der Waals surface area contributed by atoms with Gasteiger partial charge in [-0.25, -0.2) is 4.98 Å². The lowest BCUT2D eigenvalue weighted by Crippen LogP contribution is -2.39. The van der Waals surface area contributed by atoms with Crippen LogP contribution < -0.4 is 5.32 Å². The number of rotatable bonds is 5. The average Bonchev–Trinajstić information content (AvgIpc) is 2.56. The number of aryl methyl sites for hydroxylation is 1. The van der Waals surface area contributed by atoms with Crippen molar-refractivity contribution in [3.05, 3.63) is 12.2 Å². The number of hydrogen-bond acceptors (Lipinski definition) is 4. The number of alkyl halides is 3. The third-order valence-corrected chi connectivity index (χ3v) is 1.97. The van der Waals surface area contributed by atoms with Crippen LogP contribution in [0.4, 0.5) is 13.2 Å². The Balaban J connectivity index is 2.46. The predicted molar refractivity (Wildman–Crippen MR) is 49.9 cm³/mol. The van der Waals surface area contributed by atoms with Gasteiger partial charge < -0.3 is 10.4 Å². The number of halogens is 3. The van der Waals surface area contributed by atoms with Gasteiger partial charge in [0.25, 0.3) is 0 Å². The van der Waals surface area contributed by atoms with Crippen LogP contribution in [0.2, 0.25) is 0 Å². The van der Waals surface area contributed by atoms with E-state index in [4.69, 9.17) is 5.11 Å². The molecule has 1 aromatic rings. The van der Waals surface area contributed by atoms with Crippen LogP contribution in [0, 0.1) is 5.92 Å². The molecule has 0 amide bonds. The Bertz CT molecular complexity index is 390. The topological polar surface area (TPSA) is 80.0 Å². The number of aliphatic carboxylic acids is 1. The molecule has 1 rings (SSSR count). The summed E-state index contributed by atoms with van der Waals surface area (Å²) in [6, 6.07) is 0. The molecule has 0 saturated heterocycles. The maximum absolute atomic E-state index is 12.2. The van der Waals surface area contributed by atoms with Crippen molar-refractivity contribution in [3.63, 3.8) is 0 Å². The third-order valence-electron chi connectivity index (χ3n) is 1.97. The lowest BCUT2D eigenvalue weighted by atomic mass is 10.1. The van der Waals surface area contributed by atoms with Gasteiger partial charge in [-0.05, 0) is 0 Å². The molecular formula is C8H11F3N4O2. The molecule has 1 atom stereocenters. The maximum atomic E-state index is 12.2. The molecule has 0 saturated carbocycles. The van der Waals surface area contributed by atoms with Crippen molar-refractivity contribution in [2.75, 3.05) is 6.54 Å². The number of carboxylic acids is 1. The second-order valence-corrected chi connectivity index (χ2v) is 3.40. The van der Waals surface area contributed by atoms with E-state index in [-0.39, 0.29) is 6.54 Å². The summed E-state index contributed by atoms with van der Waals surface area (Å²) in [7, 11) is 1.62. The third kappa shape index (κ3) is 4.02. The van der Waals surface area contributed by atoms with E-state index in [1.54, 1.807) is 7.05 Å². The summed E-state index contributed by atoms with van der Waals surface area (Å²) in [5.41, 5.74) is 0. The van der Waals surface area contributed by atoms with Crippen LogP contribution in [0.15, 0.2) is 6.33 Å². The van der Waals surface area contributed by atoms with Crippen LogP contribution in [0.1, 0.15) is 5.82 Å². The minimum atomic E-state index is -4.77. The van der Waals surface area contributed by atoms with Crippen LogP contribution in [-0.4, -0.2) is 38.6 Å². The summed E-state index contributed by atoms with van der Waals surface area (Å²) in [6.45, 7) is -0.724.